The molecule has 1 aliphatic rings. The molecule has 0 radical (unpaired) electrons. The van der Waals surface area contributed by atoms with Gasteiger partial charge in [0.1, 0.15) is 6.61 Å². The van der Waals surface area contributed by atoms with Crippen LogP contribution in [0.5, 0.6) is 0 Å². The summed E-state index contributed by atoms with van der Waals surface area (Å²) in [5, 5.41) is 14.4. The van der Waals surface area contributed by atoms with E-state index in [0.29, 0.717) is 4.47 Å². The van der Waals surface area contributed by atoms with Gasteiger partial charge in [-0.25, -0.2) is 9.59 Å². The molecule has 7 nitrogen and oxygen atoms in total. The molecule has 1 aliphatic carbocycles. The van der Waals surface area contributed by atoms with Crippen LogP contribution < -0.4 is 10.6 Å². The molecular weight excluding hydrogens is 488 g/mol. The first-order valence-electron chi connectivity index (χ1n) is 10.4. The Bertz CT molecular complexity index is 1180. The summed E-state index contributed by atoms with van der Waals surface area (Å²) in [4.78, 5) is 35.7. The van der Waals surface area contributed by atoms with Crippen LogP contribution >= 0.6 is 15.9 Å². The van der Waals surface area contributed by atoms with Crippen molar-refractivity contribution in [3.05, 3.63) is 87.9 Å². The molecule has 3 N–H and O–H groups in total. The predicted molar refractivity (Wildman–Crippen MR) is 127 cm³/mol. The minimum absolute atomic E-state index is 0.0257. The number of hydrogen-bond acceptors (Lipinski definition) is 4. The molecule has 0 heterocycles. The number of anilines is 1. The van der Waals surface area contributed by atoms with Gasteiger partial charge < -0.3 is 20.5 Å². The van der Waals surface area contributed by atoms with Crippen molar-refractivity contribution in [3.8, 4) is 11.1 Å². The lowest BCUT2D eigenvalue weighted by atomic mass is 9.98. The normalized spacial score (nSPS) is 11.9. The smallest absolute Gasteiger partial charge is 0.407 e. The van der Waals surface area contributed by atoms with Crippen LogP contribution in [-0.4, -0.2) is 36.2 Å². The van der Waals surface area contributed by atoms with Gasteiger partial charge in [-0.2, -0.15) is 0 Å². The van der Waals surface area contributed by atoms with Crippen LogP contribution in [0, 0.1) is 0 Å². The van der Waals surface area contributed by atoms with Gasteiger partial charge >= 0.3 is 12.1 Å². The first-order valence-corrected chi connectivity index (χ1v) is 11.1. The van der Waals surface area contributed by atoms with Crippen LogP contribution in [0.15, 0.2) is 71.2 Å². The third kappa shape index (κ3) is 5.06. The Labute approximate surface area is 198 Å². The number of ether oxygens (including phenoxy) is 1. The van der Waals surface area contributed by atoms with Crippen LogP contribution in [0.1, 0.15) is 33.8 Å². The van der Waals surface area contributed by atoms with E-state index in [1.807, 2.05) is 36.4 Å². The summed E-state index contributed by atoms with van der Waals surface area (Å²) in [6, 6.07) is 20.7. The molecular formula is C25H21BrN2O5. The molecule has 33 heavy (non-hydrogen) atoms. The Morgan fingerprint density at radius 3 is 2.21 bits per heavy atom. The lowest BCUT2D eigenvalue weighted by Gasteiger charge is -2.14. The van der Waals surface area contributed by atoms with E-state index in [0.717, 1.165) is 22.3 Å². The Morgan fingerprint density at radius 2 is 1.58 bits per heavy atom. The predicted octanol–water partition coefficient (Wildman–Crippen LogP) is 5.01. The molecule has 168 valence electrons. The van der Waals surface area contributed by atoms with Gasteiger partial charge in [0.15, 0.2) is 0 Å². The van der Waals surface area contributed by atoms with Crippen LogP contribution in [0.3, 0.4) is 0 Å². The molecule has 4 rings (SSSR count). The van der Waals surface area contributed by atoms with E-state index >= 15 is 0 Å². The fourth-order valence-electron chi connectivity index (χ4n) is 3.94. The van der Waals surface area contributed by atoms with Crippen molar-refractivity contribution in [2.75, 3.05) is 18.5 Å². The first kappa shape index (κ1) is 22.5. The number of alkyl carbamates (subject to hydrolysis) is 1. The van der Waals surface area contributed by atoms with Gasteiger partial charge in [0, 0.05) is 23.4 Å². The maximum atomic E-state index is 12.2. The Kier molecular flexibility index (Phi) is 6.74. The van der Waals surface area contributed by atoms with Crippen LogP contribution in [0.4, 0.5) is 10.5 Å². The number of aromatic carboxylic acids is 1. The van der Waals surface area contributed by atoms with E-state index in [9.17, 15) is 19.5 Å². The second-order valence-corrected chi connectivity index (χ2v) is 8.46. The third-order valence-corrected chi connectivity index (χ3v) is 5.94. The van der Waals surface area contributed by atoms with E-state index in [2.05, 4.69) is 38.7 Å². The highest BCUT2D eigenvalue weighted by atomic mass is 79.9. The number of nitrogens with one attached hydrogen (secondary N) is 2. The van der Waals surface area contributed by atoms with Gasteiger partial charge in [0.2, 0.25) is 5.91 Å². The number of carboxylic acid groups (broad SMARTS) is 1. The molecule has 2 amide bonds. The summed E-state index contributed by atoms with van der Waals surface area (Å²) in [5.74, 6) is -1.61. The second-order valence-electron chi connectivity index (χ2n) is 7.55. The topological polar surface area (TPSA) is 105 Å². The molecule has 0 unspecified atom stereocenters. The molecule has 0 saturated carbocycles. The quantitative estimate of drug-likeness (QED) is 0.415. The van der Waals surface area contributed by atoms with Crippen molar-refractivity contribution >= 4 is 39.6 Å². The average molecular weight is 509 g/mol. The van der Waals surface area contributed by atoms with Gasteiger partial charge in [-0.05, 0) is 40.5 Å². The van der Waals surface area contributed by atoms with Crippen LogP contribution in [0.2, 0.25) is 0 Å². The van der Waals surface area contributed by atoms with Crippen molar-refractivity contribution in [2.45, 2.75) is 12.3 Å². The molecule has 0 spiro atoms. The lowest BCUT2D eigenvalue weighted by molar-refractivity contribution is -0.116. The van der Waals surface area contributed by atoms with Crippen molar-refractivity contribution in [1.29, 1.82) is 0 Å². The maximum Gasteiger partial charge on any atom is 0.407 e. The molecule has 3 aromatic rings. The number of carbonyl (C=O) groups excluding carboxylic acids is 2. The standard InChI is InChI=1S/C25H21BrN2O5/c26-15-9-10-22(20(13-15)24(30)31)28-23(29)11-12-27-25(32)33-14-21-18-7-3-1-5-16(18)17-6-2-4-8-19(17)21/h1-10,13,21H,11-12,14H2,(H,27,32)(H,28,29)(H,30,31). The van der Waals surface area contributed by atoms with Gasteiger partial charge in [0.25, 0.3) is 0 Å². The lowest BCUT2D eigenvalue weighted by Crippen LogP contribution is -2.29. The number of carbonyl (C=O) groups is 3. The number of halogens is 1. The Balaban J connectivity index is 1.28. The van der Waals surface area contributed by atoms with Crippen LogP contribution in [0.25, 0.3) is 11.1 Å². The highest BCUT2D eigenvalue weighted by Crippen LogP contribution is 2.44. The summed E-state index contributed by atoms with van der Waals surface area (Å²) < 4.78 is 6.03. The average Bonchev–Trinajstić information content (AvgIpc) is 3.12. The van der Waals surface area contributed by atoms with Crippen molar-refractivity contribution in [2.24, 2.45) is 0 Å². The SMILES string of the molecule is O=C(CCNC(=O)OCC1c2ccccc2-c2ccccc21)Nc1ccc(Br)cc1C(=O)O. The van der Waals surface area contributed by atoms with Gasteiger partial charge in [-0.15, -0.1) is 0 Å². The van der Waals surface area contributed by atoms with E-state index in [1.165, 1.54) is 12.1 Å². The zero-order chi connectivity index (χ0) is 23.4. The number of benzene rings is 3. The fraction of sp³-hybridized carbons (Fsp3) is 0.160. The third-order valence-electron chi connectivity index (χ3n) is 5.45. The van der Waals surface area contributed by atoms with E-state index in [-0.39, 0.29) is 36.7 Å². The van der Waals surface area contributed by atoms with Gasteiger partial charge in [-0.1, -0.05) is 64.5 Å². The second kappa shape index (κ2) is 9.87. The maximum absolute atomic E-state index is 12.2. The molecule has 0 aromatic heterocycles. The molecule has 0 aliphatic heterocycles. The van der Waals surface area contributed by atoms with E-state index < -0.39 is 18.0 Å². The summed E-state index contributed by atoms with van der Waals surface area (Å²) in [6.45, 7) is 0.244. The van der Waals surface area contributed by atoms with E-state index in [4.69, 9.17) is 4.74 Å². The van der Waals surface area contributed by atoms with Crippen molar-refractivity contribution < 1.29 is 24.2 Å². The highest BCUT2D eigenvalue weighted by molar-refractivity contribution is 9.10. The van der Waals surface area contributed by atoms with Crippen molar-refractivity contribution in [3.63, 3.8) is 0 Å². The number of hydrogen-bond donors (Lipinski definition) is 3. The minimum atomic E-state index is -1.15. The van der Waals surface area contributed by atoms with Gasteiger partial charge in [0.05, 0.1) is 11.3 Å². The zero-order valence-electron chi connectivity index (χ0n) is 17.5. The zero-order valence-corrected chi connectivity index (χ0v) is 19.1. The molecule has 0 bridgehead atoms. The minimum Gasteiger partial charge on any atom is -0.478 e. The fourth-order valence-corrected chi connectivity index (χ4v) is 4.30. The Morgan fingerprint density at radius 1 is 0.939 bits per heavy atom. The van der Waals surface area contributed by atoms with Gasteiger partial charge in [-0.3, -0.25) is 4.79 Å². The Hall–Kier alpha value is -3.65. The summed E-state index contributed by atoms with van der Waals surface area (Å²) in [7, 11) is 0. The summed E-state index contributed by atoms with van der Waals surface area (Å²) in [5.41, 5.74) is 4.70. The molecule has 3 aromatic carbocycles. The highest BCUT2D eigenvalue weighted by Gasteiger charge is 2.29. The molecule has 0 fully saturated rings. The number of rotatable bonds is 7. The summed E-state index contributed by atoms with van der Waals surface area (Å²) in [6.07, 6.45) is -0.640. The largest absolute Gasteiger partial charge is 0.478 e. The number of fused-ring (bicyclic) bond motifs is 3. The first-order chi connectivity index (χ1) is 15.9. The number of carboxylic acids is 1. The van der Waals surface area contributed by atoms with Crippen LogP contribution in [-0.2, 0) is 9.53 Å². The molecule has 8 heteroatoms. The molecule has 0 saturated heterocycles. The summed E-state index contributed by atoms with van der Waals surface area (Å²) >= 11 is 3.21. The number of amides is 2. The monoisotopic (exact) mass is 508 g/mol. The van der Waals surface area contributed by atoms with Crippen molar-refractivity contribution in [1.82, 2.24) is 5.32 Å². The molecule has 0 atom stereocenters. The van der Waals surface area contributed by atoms with E-state index in [1.54, 1.807) is 6.07 Å².